The van der Waals surface area contributed by atoms with Gasteiger partial charge in [-0.3, -0.25) is 4.79 Å². The molecule has 0 spiro atoms. The number of anilines is 1. The monoisotopic (exact) mass is 343 g/mol. The van der Waals surface area contributed by atoms with Gasteiger partial charge in [0.1, 0.15) is 0 Å². The van der Waals surface area contributed by atoms with Crippen molar-refractivity contribution in [2.75, 3.05) is 17.7 Å². The fraction of sp³-hybridized carbons (Fsp3) is 0.350. The van der Waals surface area contributed by atoms with Gasteiger partial charge in [0.15, 0.2) is 0 Å². The first kappa shape index (κ1) is 18.6. The number of rotatable bonds is 8. The van der Waals surface area contributed by atoms with Crippen molar-refractivity contribution in [2.24, 2.45) is 5.92 Å². The van der Waals surface area contributed by atoms with Crippen LogP contribution in [-0.4, -0.2) is 28.6 Å². The normalized spacial score (nSPS) is 13.3. The number of benzene rings is 2. The van der Waals surface area contributed by atoms with E-state index in [0.29, 0.717) is 0 Å². The minimum absolute atomic E-state index is 0.00523. The van der Waals surface area contributed by atoms with Crippen LogP contribution in [0.4, 0.5) is 5.69 Å². The van der Waals surface area contributed by atoms with Crippen molar-refractivity contribution >= 4 is 23.4 Å². The van der Waals surface area contributed by atoms with Gasteiger partial charge >= 0.3 is 0 Å². The summed E-state index contributed by atoms with van der Waals surface area (Å²) in [5.74, 6) is 0.984. The standard InChI is InChI=1S/C20H25NO2S/c1-15(13-22)14-24-16(2)20(23)21-19-11-7-6-10-18(19)12-17-8-4-3-5-9-17/h3-11,15-16,22H,12-14H2,1-2H3,(H,21,23). The Balaban J connectivity index is 2.00. The van der Waals surface area contributed by atoms with Crippen molar-refractivity contribution < 1.29 is 9.90 Å². The Morgan fingerprint density at radius 1 is 1.08 bits per heavy atom. The smallest absolute Gasteiger partial charge is 0.237 e. The molecule has 0 radical (unpaired) electrons. The van der Waals surface area contributed by atoms with E-state index in [2.05, 4.69) is 17.4 Å². The Morgan fingerprint density at radius 3 is 2.46 bits per heavy atom. The first-order valence-corrected chi connectivity index (χ1v) is 9.30. The first-order valence-electron chi connectivity index (χ1n) is 8.25. The molecule has 4 heteroatoms. The molecule has 0 aromatic heterocycles. The van der Waals surface area contributed by atoms with Gasteiger partial charge in [-0.25, -0.2) is 0 Å². The number of aliphatic hydroxyl groups is 1. The van der Waals surface area contributed by atoms with Crippen molar-refractivity contribution in [1.29, 1.82) is 0 Å². The molecule has 2 aromatic carbocycles. The summed E-state index contributed by atoms with van der Waals surface area (Å²) in [6.45, 7) is 4.04. The fourth-order valence-corrected chi connectivity index (χ4v) is 3.22. The molecule has 0 saturated heterocycles. The molecule has 0 aliphatic rings. The zero-order valence-corrected chi connectivity index (χ0v) is 15.1. The Labute approximate surface area is 148 Å². The number of nitrogens with one attached hydrogen (secondary N) is 1. The number of aliphatic hydroxyl groups excluding tert-OH is 1. The molecule has 2 unspecified atom stereocenters. The second kappa shape index (κ2) is 9.50. The van der Waals surface area contributed by atoms with Crippen LogP contribution in [0.25, 0.3) is 0 Å². The zero-order chi connectivity index (χ0) is 17.4. The maximum atomic E-state index is 12.4. The van der Waals surface area contributed by atoms with Gasteiger partial charge in [-0.1, -0.05) is 55.5 Å². The number of hydrogen-bond acceptors (Lipinski definition) is 3. The van der Waals surface area contributed by atoms with Crippen molar-refractivity contribution in [2.45, 2.75) is 25.5 Å². The summed E-state index contributed by atoms with van der Waals surface area (Å²) < 4.78 is 0. The van der Waals surface area contributed by atoms with E-state index in [1.54, 1.807) is 11.8 Å². The Bertz CT molecular complexity index is 645. The molecule has 2 N–H and O–H groups in total. The minimum Gasteiger partial charge on any atom is -0.396 e. The molecular formula is C20H25NO2S. The highest BCUT2D eigenvalue weighted by atomic mass is 32.2. The van der Waals surface area contributed by atoms with Gasteiger partial charge in [-0.05, 0) is 42.2 Å². The van der Waals surface area contributed by atoms with E-state index < -0.39 is 0 Å². The fourth-order valence-electron chi connectivity index (χ4n) is 2.28. The molecule has 0 bridgehead atoms. The van der Waals surface area contributed by atoms with Crippen molar-refractivity contribution in [3.05, 3.63) is 65.7 Å². The van der Waals surface area contributed by atoms with Crippen molar-refractivity contribution in [1.82, 2.24) is 0 Å². The van der Waals surface area contributed by atoms with Gasteiger partial charge in [0.2, 0.25) is 5.91 Å². The predicted molar refractivity (Wildman–Crippen MR) is 102 cm³/mol. The van der Waals surface area contributed by atoms with E-state index in [-0.39, 0.29) is 23.7 Å². The molecule has 0 saturated carbocycles. The van der Waals surface area contributed by atoms with Crippen LogP contribution in [0.5, 0.6) is 0 Å². The molecule has 2 rings (SSSR count). The van der Waals surface area contributed by atoms with Gasteiger partial charge in [0.25, 0.3) is 0 Å². The highest BCUT2D eigenvalue weighted by Crippen LogP contribution is 2.21. The summed E-state index contributed by atoms with van der Waals surface area (Å²) >= 11 is 1.57. The second-order valence-electron chi connectivity index (χ2n) is 6.07. The highest BCUT2D eigenvalue weighted by Gasteiger charge is 2.16. The number of amides is 1. The zero-order valence-electron chi connectivity index (χ0n) is 14.2. The average Bonchev–Trinajstić information content (AvgIpc) is 2.61. The van der Waals surface area contributed by atoms with Gasteiger partial charge in [0.05, 0.1) is 5.25 Å². The van der Waals surface area contributed by atoms with Crippen molar-refractivity contribution in [3.8, 4) is 0 Å². The Hall–Kier alpha value is -1.78. The molecule has 1 amide bonds. The summed E-state index contributed by atoms with van der Waals surface area (Å²) in [4.78, 5) is 12.4. The topological polar surface area (TPSA) is 49.3 Å². The van der Waals surface area contributed by atoms with E-state index in [4.69, 9.17) is 5.11 Å². The first-order chi connectivity index (χ1) is 11.6. The quantitative estimate of drug-likeness (QED) is 0.762. The Kier molecular flexibility index (Phi) is 7.35. The summed E-state index contributed by atoms with van der Waals surface area (Å²) in [5.41, 5.74) is 3.20. The van der Waals surface area contributed by atoms with Crippen LogP contribution in [0.1, 0.15) is 25.0 Å². The number of hydrogen-bond donors (Lipinski definition) is 2. The minimum atomic E-state index is -0.149. The van der Waals surface area contributed by atoms with E-state index in [0.717, 1.165) is 23.4 Å². The van der Waals surface area contributed by atoms with Crippen LogP contribution >= 0.6 is 11.8 Å². The van der Waals surface area contributed by atoms with Crippen LogP contribution in [-0.2, 0) is 11.2 Å². The molecular weight excluding hydrogens is 318 g/mol. The van der Waals surface area contributed by atoms with Gasteiger partial charge in [-0.2, -0.15) is 0 Å². The summed E-state index contributed by atoms with van der Waals surface area (Å²) in [6.07, 6.45) is 0.792. The number of thioether (sulfide) groups is 1. The molecule has 0 aliphatic carbocycles. The van der Waals surface area contributed by atoms with Gasteiger partial charge in [0, 0.05) is 12.3 Å². The molecule has 3 nitrogen and oxygen atoms in total. The Morgan fingerprint density at radius 2 is 1.75 bits per heavy atom. The average molecular weight is 343 g/mol. The molecule has 24 heavy (non-hydrogen) atoms. The van der Waals surface area contributed by atoms with Crippen molar-refractivity contribution in [3.63, 3.8) is 0 Å². The molecule has 128 valence electrons. The van der Waals surface area contributed by atoms with Gasteiger partial charge < -0.3 is 10.4 Å². The molecule has 0 aliphatic heterocycles. The lowest BCUT2D eigenvalue weighted by atomic mass is 10.0. The number of carbonyl (C=O) groups excluding carboxylic acids is 1. The maximum absolute atomic E-state index is 12.4. The molecule has 0 heterocycles. The molecule has 0 fully saturated rings. The van der Waals surface area contributed by atoms with E-state index in [1.165, 1.54) is 5.56 Å². The van der Waals surface area contributed by atoms with Crippen LogP contribution in [0, 0.1) is 5.92 Å². The van der Waals surface area contributed by atoms with E-state index in [9.17, 15) is 4.79 Å². The highest BCUT2D eigenvalue weighted by molar-refractivity contribution is 8.00. The molecule has 2 atom stereocenters. The maximum Gasteiger partial charge on any atom is 0.237 e. The summed E-state index contributed by atoms with van der Waals surface area (Å²) in [7, 11) is 0. The van der Waals surface area contributed by atoms with E-state index in [1.807, 2.05) is 56.3 Å². The lowest BCUT2D eigenvalue weighted by Gasteiger charge is -2.16. The third kappa shape index (κ3) is 5.69. The van der Waals surface area contributed by atoms with E-state index >= 15 is 0 Å². The van der Waals surface area contributed by atoms with Gasteiger partial charge in [-0.15, -0.1) is 11.8 Å². The van der Waals surface area contributed by atoms with Crippen LogP contribution in [0.15, 0.2) is 54.6 Å². The third-order valence-corrected chi connectivity index (χ3v) is 5.30. The number of para-hydroxylation sites is 1. The lowest BCUT2D eigenvalue weighted by molar-refractivity contribution is -0.115. The van der Waals surface area contributed by atoms with Crippen LogP contribution < -0.4 is 5.32 Å². The van der Waals surface area contributed by atoms with Crippen LogP contribution in [0.3, 0.4) is 0 Å². The molecule has 2 aromatic rings. The largest absolute Gasteiger partial charge is 0.396 e. The SMILES string of the molecule is CC(CO)CSC(C)C(=O)Nc1ccccc1Cc1ccccc1. The second-order valence-corrected chi connectivity index (χ2v) is 7.45. The third-order valence-electron chi connectivity index (χ3n) is 3.82. The lowest BCUT2D eigenvalue weighted by Crippen LogP contribution is -2.24. The summed E-state index contributed by atoms with van der Waals surface area (Å²) in [6, 6.07) is 18.2. The summed E-state index contributed by atoms with van der Waals surface area (Å²) in [5, 5.41) is 12.0. The van der Waals surface area contributed by atoms with Crippen LogP contribution in [0.2, 0.25) is 0 Å². The predicted octanol–water partition coefficient (Wildman–Crippen LogP) is 3.97. The number of carbonyl (C=O) groups is 1.